The van der Waals surface area contributed by atoms with Crippen LogP contribution >= 0.6 is 15.9 Å². The van der Waals surface area contributed by atoms with Crippen LogP contribution in [0.5, 0.6) is 0 Å². The molecule has 0 radical (unpaired) electrons. The first-order valence-electron chi connectivity index (χ1n) is 4.17. The van der Waals surface area contributed by atoms with Gasteiger partial charge in [-0.25, -0.2) is 0 Å². The van der Waals surface area contributed by atoms with E-state index in [1.54, 1.807) is 6.20 Å². The Morgan fingerprint density at radius 3 is 3.23 bits per heavy atom. The minimum absolute atomic E-state index is 0.899. The summed E-state index contributed by atoms with van der Waals surface area (Å²) in [4.78, 5) is 4.28. The van der Waals surface area contributed by atoms with Crippen LogP contribution in [0.15, 0.2) is 29.0 Å². The zero-order valence-corrected chi connectivity index (χ0v) is 8.87. The third-order valence-corrected chi connectivity index (χ3v) is 2.27. The highest BCUT2D eigenvalue weighted by Crippen LogP contribution is 2.17. The maximum absolute atomic E-state index is 4.28. The molecule has 2 heterocycles. The molecule has 2 aromatic rings. The number of halogens is 1. The Bertz CT molecular complexity index is 422. The maximum atomic E-state index is 4.28. The average molecular weight is 240 g/mol. The SMILES string of the molecule is CCNn1ccc2ncc(Br)cc21. The van der Waals surface area contributed by atoms with Crippen molar-refractivity contribution in [3.8, 4) is 0 Å². The second kappa shape index (κ2) is 3.38. The van der Waals surface area contributed by atoms with Gasteiger partial charge in [-0.3, -0.25) is 9.66 Å². The van der Waals surface area contributed by atoms with E-state index in [2.05, 4.69) is 33.3 Å². The van der Waals surface area contributed by atoms with Gasteiger partial charge in [0.15, 0.2) is 0 Å². The smallest absolute Gasteiger partial charge is 0.0901 e. The van der Waals surface area contributed by atoms with Crippen molar-refractivity contribution in [2.75, 3.05) is 12.0 Å². The van der Waals surface area contributed by atoms with Crippen LogP contribution < -0.4 is 5.43 Å². The molecule has 3 nitrogen and oxygen atoms in total. The van der Waals surface area contributed by atoms with Crippen molar-refractivity contribution < 1.29 is 0 Å². The summed E-state index contributed by atoms with van der Waals surface area (Å²) in [6.07, 6.45) is 3.78. The van der Waals surface area contributed by atoms with Gasteiger partial charge in [0.05, 0.1) is 11.0 Å². The Balaban J connectivity index is 2.58. The molecule has 0 fully saturated rings. The number of rotatable bonds is 2. The van der Waals surface area contributed by atoms with E-state index in [1.165, 1.54) is 0 Å². The minimum atomic E-state index is 0.899. The molecule has 0 aliphatic carbocycles. The molecule has 0 bridgehead atoms. The topological polar surface area (TPSA) is 29.9 Å². The van der Waals surface area contributed by atoms with E-state index >= 15 is 0 Å². The average Bonchev–Trinajstić information content (AvgIpc) is 2.49. The minimum Gasteiger partial charge on any atom is -0.326 e. The molecule has 0 aliphatic heterocycles. The molecule has 0 saturated carbocycles. The van der Waals surface area contributed by atoms with Gasteiger partial charge in [-0.05, 0) is 35.0 Å². The van der Waals surface area contributed by atoms with Crippen molar-refractivity contribution >= 4 is 27.0 Å². The maximum Gasteiger partial charge on any atom is 0.0901 e. The van der Waals surface area contributed by atoms with Gasteiger partial charge >= 0.3 is 0 Å². The summed E-state index contributed by atoms with van der Waals surface area (Å²) in [6.45, 7) is 2.97. The lowest BCUT2D eigenvalue weighted by molar-refractivity contribution is 0.900. The molecule has 13 heavy (non-hydrogen) atoms. The van der Waals surface area contributed by atoms with Crippen molar-refractivity contribution in [1.82, 2.24) is 9.66 Å². The summed E-state index contributed by atoms with van der Waals surface area (Å²) in [5.74, 6) is 0. The third kappa shape index (κ3) is 1.54. The van der Waals surface area contributed by atoms with Gasteiger partial charge in [-0.1, -0.05) is 0 Å². The van der Waals surface area contributed by atoms with Gasteiger partial charge in [0.25, 0.3) is 0 Å². The molecule has 2 rings (SSSR count). The molecule has 0 saturated heterocycles. The normalized spacial score (nSPS) is 10.6. The summed E-state index contributed by atoms with van der Waals surface area (Å²) in [5, 5.41) is 0. The molecule has 0 spiro atoms. The van der Waals surface area contributed by atoms with E-state index in [4.69, 9.17) is 0 Å². The number of aromatic nitrogens is 2. The Kier molecular flexibility index (Phi) is 2.22. The summed E-state index contributed by atoms with van der Waals surface area (Å²) >= 11 is 3.40. The number of fused-ring (bicyclic) bond motifs is 1. The Labute approximate surface area is 84.9 Å². The fourth-order valence-corrected chi connectivity index (χ4v) is 1.61. The zero-order chi connectivity index (χ0) is 9.26. The second-order valence-corrected chi connectivity index (χ2v) is 3.67. The Morgan fingerprint density at radius 1 is 1.62 bits per heavy atom. The van der Waals surface area contributed by atoms with Crippen molar-refractivity contribution in [3.63, 3.8) is 0 Å². The van der Waals surface area contributed by atoms with Gasteiger partial charge in [0, 0.05) is 23.4 Å². The van der Waals surface area contributed by atoms with Gasteiger partial charge in [0.1, 0.15) is 0 Å². The number of nitrogens with zero attached hydrogens (tertiary/aromatic N) is 2. The number of pyridine rings is 1. The highest BCUT2D eigenvalue weighted by molar-refractivity contribution is 9.10. The summed E-state index contributed by atoms with van der Waals surface area (Å²) in [6, 6.07) is 4.04. The lowest BCUT2D eigenvalue weighted by atomic mass is 10.4. The summed E-state index contributed by atoms with van der Waals surface area (Å²) < 4.78 is 2.98. The van der Waals surface area contributed by atoms with Crippen LogP contribution in [-0.2, 0) is 0 Å². The largest absolute Gasteiger partial charge is 0.326 e. The quantitative estimate of drug-likeness (QED) is 0.873. The Morgan fingerprint density at radius 2 is 2.46 bits per heavy atom. The van der Waals surface area contributed by atoms with Gasteiger partial charge in [-0.2, -0.15) is 0 Å². The molecule has 4 heteroatoms. The van der Waals surface area contributed by atoms with Crippen LogP contribution in [-0.4, -0.2) is 16.2 Å². The van der Waals surface area contributed by atoms with Crippen LogP contribution in [0, 0.1) is 0 Å². The van der Waals surface area contributed by atoms with Crippen molar-refractivity contribution in [3.05, 3.63) is 29.0 Å². The predicted octanol–water partition coefficient (Wildman–Crippen LogP) is 2.36. The first kappa shape index (κ1) is 8.56. The summed E-state index contributed by atoms with van der Waals surface area (Å²) in [5.41, 5.74) is 5.31. The number of nitrogens with one attached hydrogen (secondary N) is 1. The molecular weight excluding hydrogens is 230 g/mol. The van der Waals surface area contributed by atoms with Crippen molar-refractivity contribution in [1.29, 1.82) is 0 Å². The van der Waals surface area contributed by atoms with E-state index in [1.807, 2.05) is 23.0 Å². The number of hydrogen-bond acceptors (Lipinski definition) is 2. The first-order valence-corrected chi connectivity index (χ1v) is 4.97. The highest BCUT2D eigenvalue weighted by atomic mass is 79.9. The summed E-state index contributed by atoms with van der Waals surface area (Å²) in [7, 11) is 0. The number of hydrogen-bond donors (Lipinski definition) is 1. The fraction of sp³-hybridized carbons (Fsp3) is 0.222. The van der Waals surface area contributed by atoms with Crippen LogP contribution in [0.3, 0.4) is 0 Å². The van der Waals surface area contributed by atoms with E-state index < -0.39 is 0 Å². The fourth-order valence-electron chi connectivity index (χ4n) is 1.29. The van der Waals surface area contributed by atoms with Gasteiger partial charge in [-0.15, -0.1) is 0 Å². The monoisotopic (exact) mass is 239 g/mol. The van der Waals surface area contributed by atoms with Crippen molar-refractivity contribution in [2.24, 2.45) is 0 Å². The lowest BCUT2D eigenvalue weighted by Crippen LogP contribution is -2.11. The highest BCUT2D eigenvalue weighted by Gasteiger charge is 2.00. The molecule has 68 valence electrons. The molecule has 2 aromatic heterocycles. The zero-order valence-electron chi connectivity index (χ0n) is 7.29. The second-order valence-electron chi connectivity index (χ2n) is 2.76. The standard InChI is InChI=1S/C9H10BrN3/c1-2-12-13-4-3-8-9(13)5-7(10)6-11-8/h3-6,12H,2H2,1H3. The van der Waals surface area contributed by atoms with Gasteiger partial charge < -0.3 is 5.43 Å². The van der Waals surface area contributed by atoms with Crippen molar-refractivity contribution in [2.45, 2.75) is 6.92 Å². The van der Waals surface area contributed by atoms with E-state index in [0.29, 0.717) is 0 Å². The molecule has 0 amide bonds. The van der Waals surface area contributed by atoms with E-state index in [-0.39, 0.29) is 0 Å². The van der Waals surface area contributed by atoms with E-state index in [9.17, 15) is 0 Å². The molecule has 0 atom stereocenters. The predicted molar refractivity (Wildman–Crippen MR) is 57.3 cm³/mol. The van der Waals surface area contributed by atoms with Crippen LogP contribution in [0.25, 0.3) is 11.0 Å². The Hall–Kier alpha value is -1.03. The third-order valence-electron chi connectivity index (χ3n) is 1.83. The lowest BCUT2D eigenvalue weighted by Gasteiger charge is -2.05. The van der Waals surface area contributed by atoms with Gasteiger partial charge in [0.2, 0.25) is 0 Å². The molecule has 0 aliphatic rings. The first-order chi connectivity index (χ1) is 6.31. The van der Waals surface area contributed by atoms with E-state index in [0.717, 1.165) is 22.1 Å². The van der Waals surface area contributed by atoms with Crippen LogP contribution in [0.2, 0.25) is 0 Å². The molecular formula is C9H10BrN3. The van der Waals surface area contributed by atoms with Crippen LogP contribution in [0.4, 0.5) is 0 Å². The molecule has 1 N–H and O–H groups in total. The molecule has 0 unspecified atom stereocenters. The van der Waals surface area contributed by atoms with Crippen LogP contribution in [0.1, 0.15) is 6.92 Å². The molecule has 0 aromatic carbocycles.